The molecular formula is C24H27F3N2O2S. The minimum Gasteiger partial charge on any atom is -0.481 e. The second kappa shape index (κ2) is 11.8. The van der Waals surface area contributed by atoms with Gasteiger partial charge in [0, 0.05) is 11.8 Å². The number of hydrogen-bond acceptors (Lipinski definition) is 4. The molecule has 0 aliphatic rings. The van der Waals surface area contributed by atoms with Gasteiger partial charge in [0.2, 0.25) is 0 Å². The highest BCUT2D eigenvalue weighted by Gasteiger charge is 2.34. The molecule has 172 valence electrons. The van der Waals surface area contributed by atoms with Crippen LogP contribution in [0.3, 0.4) is 0 Å². The Morgan fingerprint density at radius 1 is 1.19 bits per heavy atom. The summed E-state index contributed by atoms with van der Waals surface area (Å²) in [7, 11) is 0. The van der Waals surface area contributed by atoms with E-state index in [1.807, 2.05) is 44.2 Å². The molecule has 32 heavy (non-hydrogen) atoms. The SMILES string of the molecule is CC(C)CC(Oc1ccc(C#N)c(C(F)(F)F)c1)C(=O)NCCC(S)Cc1ccccc1. The van der Waals surface area contributed by atoms with E-state index in [2.05, 4.69) is 17.9 Å². The highest BCUT2D eigenvalue weighted by atomic mass is 32.1. The van der Waals surface area contributed by atoms with Gasteiger partial charge in [-0.1, -0.05) is 44.2 Å². The molecule has 0 aliphatic heterocycles. The maximum Gasteiger partial charge on any atom is 0.417 e. The van der Waals surface area contributed by atoms with Crippen LogP contribution < -0.4 is 10.1 Å². The molecule has 0 radical (unpaired) electrons. The van der Waals surface area contributed by atoms with Crippen molar-refractivity contribution in [3.8, 4) is 11.8 Å². The molecule has 2 rings (SSSR count). The number of carbonyl (C=O) groups excluding carboxylic acids is 1. The molecule has 1 N–H and O–H groups in total. The lowest BCUT2D eigenvalue weighted by Crippen LogP contribution is -2.40. The van der Waals surface area contributed by atoms with E-state index >= 15 is 0 Å². The van der Waals surface area contributed by atoms with Crippen molar-refractivity contribution in [1.82, 2.24) is 5.32 Å². The quantitative estimate of drug-likeness (QED) is 0.462. The van der Waals surface area contributed by atoms with Crippen molar-refractivity contribution in [2.24, 2.45) is 5.92 Å². The summed E-state index contributed by atoms with van der Waals surface area (Å²) in [5, 5.41) is 11.8. The Hall–Kier alpha value is -2.66. The predicted molar refractivity (Wildman–Crippen MR) is 121 cm³/mol. The molecule has 4 nitrogen and oxygen atoms in total. The average molecular weight is 465 g/mol. The fourth-order valence-corrected chi connectivity index (χ4v) is 3.53. The summed E-state index contributed by atoms with van der Waals surface area (Å²) in [6, 6.07) is 14.5. The first kappa shape index (κ1) is 25.6. The van der Waals surface area contributed by atoms with Gasteiger partial charge in [0.25, 0.3) is 5.91 Å². The van der Waals surface area contributed by atoms with Crippen LogP contribution in [0.25, 0.3) is 0 Å². The third-order valence-corrected chi connectivity index (χ3v) is 5.20. The average Bonchev–Trinajstić information content (AvgIpc) is 2.73. The van der Waals surface area contributed by atoms with E-state index in [1.165, 1.54) is 12.1 Å². The predicted octanol–water partition coefficient (Wildman–Crippen LogP) is 5.42. The second-order valence-electron chi connectivity index (χ2n) is 7.98. The molecule has 2 aromatic carbocycles. The van der Waals surface area contributed by atoms with E-state index in [1.54, 1.807) is 0 Å². The Labute approximate surface area is 192 Å². The molecule has 0 aliphatic carbocycles. The van der Waals surface area contributed by atoms with E-state index in [0.29, 0.717) is 19.4 Å². The number of nitrogens with one attached hydrogen (secondary N) is 1. The summed E-state index contributed by atoms with van der Waals surface area (Å²) in [4.78, 5) is 12.7. The Bertz CT molecular complexity index is 927. The summed E-state index contributed by atoms with van der Waals surface area (Å²) in [6.07, 6.45) is -3.91. The van der Waals surface area contributed by atoms with E-state index in [0.717, 1.165) is 24.1 Å². The van der Waals surface area contributed by atoms with Crippen LogP contribution in [0, 0.1) is 17.2 Å². The molecule has 2 aromatic rings. The molecule has 0 aromatic heterocycles. The normalized spacial score (nSPS) is 13.3. The number of rotatable bonds is 10. The van der Waals surface area contributed by atoms with Crippen molar-refractivity contribution < 1.29 is 22.7 Å². The lowest BCUT2D eigenvalue weighted by Gasteiger charge is -2.22. The Morgan fingerprint density at radius 2 is 1.88 bits per heavy atom. The van der Waals surface area contributed by atoms with Crippen LogP contribution in [-0.4, -0.2) is 23.8 Å². The van der Waals surface area contributed by atoms with Crippen LogP contribution in [0.1, 0.15) is 43.4 Å². The molecule has 0 spiro atoms. The summed E-state index contributed by atoms with van der Waals surface area (Å²) >= 11 is 4.57. The highest BCUT2D eigenvalue weighted by molar-refractivity contribution is 7.80. The summed E-state index contributed by atoms with van der Waals surface area (Å²) < 4.78 is 45.3. The van der Waals surface area contributed by atoms with E-state index in [4.69, 9.17) is 10.00 Å². The number of benzene rings is 2. The topological polar surface area (TPSA) is 62.1 Å². The molecule has 0 fully saturated rings. The van der Waals surface area contributed by atoms with Crippen molar-refractivity contribution >= 4 is 18.5 Å². The van der Waals surface area contributed by atoms with Gasteiger partial charge >= 0.3 is 6.18 Å². The first-order valence-corrected chi connectivity index (χ1v) is 10.9. The van der Waals surface area contributed by atoms with Gasteiger partial charge in [-0.2, -0.15) is 31.1 Å². The van der Waals surface area contributed by atoms with Gasteiger partial charge in [-0.3, -0.25) is 4.79 Å². The maximum atomic E-state index is 13.2. The maximum absolute atomic E-state index is 13.2. The van der Waals surface area contributed by atoms with Crippen LogP contribution in [-0.2, 0) is 17.4 Å². The lowest BCUT2D eigenvalue weighted by atomic mass is 10.0. The molecule has 2 unspecified atom stereocenters. The Kier molecular flexibility index (Phi) is 9.45. The monoisotopic (exact) mass is 464 g/mol. The number of nitrogens with zero attached hydrogens (tertiary/aromatic N) is 1. The van der Waals surface area contributed by atoms with Crippen molar-refractivity contribution in [2.45, 2.75) is 50.6 Å². The highest BCUT2D eigenvalue weighted by Crippen LogP contribution is 2.34. The van der Waals surface area contributed by atoms with E-state index in [-0.39, 0.29) is 16.9 Å². The molecule has 1 amide bonds. The standard InChI is InChI=1S/C24H27F3N2O2S/c1-16(2)12-22(31-19-9-8-18(15-28)21(14-19)24(25,26)27)23(30)29-11-10-20(32)13-17-6-4-3-5-7-17/h3-9,14,16,20,22,32H,10-13H2,1-2H3,(H,29,30). The zero-order chi connectivity index (χ0) is 23.7. The third kappa shape index (κ3) is 8.12. The molecule has 0 saturated heterocycles. The number of carbonyl (C=O) groups is 1. The van der Waals surface area contributed by atoms with Gasteiger partial charge in [-0.05, 0) is 48.9 Å². The molecular weight excluding hydrogens is 437 g/mol. The fraction of sp³-hybridized carbons (Fsp3) is 0.417. The first-order chi connectivity index (χ1) is 15.1. The molecule has 8 heteroatoms. The van der Waals surface area contributed by atoms with Crippen LogP contribution in [0.4, 0.5) is 13.2 Å². The minimum absolute atomic E-state index is 0.0510. The van der Waals surface area contributed by atoms with Gasteiger partial charge in [-0.25, -0.2) is 0 Å². The number of alkyl halides is 3. The van der Waals surface area contributed by atoms with Gasteiger partial charge in [0.05, 0.1) is 17.2 Å². The molecule has 2 atom stereocenters. The van der Waals surface area contributed by atoms with E-state index < -0.39 is 29.3 Å². The first-order valence-electron chi connectivity index (χ1n) is 10.4. The van der Waals surface area contributed by atoms with Crippen molar-refractivity contribution in [2.75, 3.05) is 6.54 Å². The Morgan fingerprint density at radius 3 is 2.47 bits per heavy atom. The van der Waals surface area contributed by atoms with Crippen LogP contribution in [0.2, 0.25) is 0 Å². The number of hydrogen-bond donors (Lipinski definition) is 2. The van der Waals surface area contributed by atoms with Crippen LogP contribution in [0.5, 0.6) is 5.75 Å². The van der Waals surface area contributed by atoms with Crippen LogP contribution >= 0.6 is 12.6 Å². The lowest BCUT2D eigenvalue weighted by molar-refractivity contribution is -0.137. The third-order valence-electron chi connectivity index (χ3n) is 4.76. The molecule has 0 saturated carbocycles. The van der Waals surface area contributed by atoms with Gasteiger partial charge in [0.15, 0.2) is 6.10 Å². The van der Waals surface area contributed by atoms with Gasteiger partial charge in [-0.15, -0.1) is 0 Å². The van der Waals surface area contributed by atoms with Gasteiger partial charge in [0.1, 0.15) is 5.75 Å². The molecule has 0 bridgehead atoms. The number of nitriles is 1. The zero-order valence-corrected chi connectivity index (χ0v) is 18.9. The number of halogens is 3. The minimum atomic E-state index is -4.69. The summed E-state index contributed by atoms with van der Waals surface area (Å²) in [6.45, 7) is 4.17. The van der Waals surface area contributed by atoms with Gasteiger partial charge < -0.3 is 10.1 Å². The summed E-state index contributed by atoms with van der Waals surface area (Å²) in [5.41, 5.74) is -0.422. The zero-order valence-electron chi connectivity index (χ0n) is 18.0. The van der Waals surface area contributed by atoms with Crippen LogP contribution in [0.15, 0.2) is 48.5 Å². The van der Waals surface area contributed by atoms with Crippen molar-refractivity contribution in [1.29, 1.82) is 5.26 Å². The number of ether oxygens (including phenoxy) is 1. The number of amides is 1. The summed E-state index contributed by atoms with van der Waals surface area (Å²) in [5.74, 6) is -0.410. The molecule has 0 heterocycles. The van der Waals surface area contributed by atoms with Crippen molar-refractivity contribution in [3.63, 3.8) is 0 Å². The Balaban J connectivity index is 2.00. The number of thiol groups is 1. The van der Waals surface area contributed by atoms with Crippen molar-refractivity contribution in [3.05, 3.63) is 65.2 Å². The smallest absolute Gasteiger partial charge is 0.417 e. The largest absolute Gasteiger partial charge is 0.481 e. The van der Waals surface area contributed by atoms with E-state index in [9.17, 15) is 18.0 Å². The fourth-order valence-electron chi connectivity index (χ4n) is 3.19. The second-order valence-corrected chi connectivity index (χ2v) is 8.71.